The Morgan fingerprint density at radius 3 is 1.20 bits per heavy atom. The van der Waals surface area contributed by atoms with E-state index in [0.717, 1.165) is 56.8 Å². The van der Waals surface area contributed by atoms with Gasteiger partial charge in [-0.05, 0) is 24.3 Å². The number of benzene rings is 4. The summed E-state index contributed by atoms with van der Waals surface area (Å²) in [6, 6.07) is 19.4. The number of ether oxygens (including phenoxy) is 10. The molecule has 0 amide bonds. The highest BCUT2D eigenvalue weighted by Gasteiger charge is 2.43. The molecule has 240 valence electrons. The SMILES string of the molecule is COc1ccc2c(c1)O[C@@H]1c3cc(OC)c(OC)cc3OC[C@H]21.COc1ccc2c(c1)O[C@@H]1c3cc(OC)c(OC)cc3OC[C@H]21. The van der Waals surface area contributed by atoms with Crippen molar-refractivity contribution in [3.8, 4) is 57.5 Å². The van der Waals surface area contributed by atoms with Crippen LogP contribution in [-0.2, 0) is 0 Å². The first-order valence-corrected chi connectivity index (χ1v) is 15.0. The van der Waals surface area contributed by atoms with E-state index in [-0.39, 0.29) is 24.0 Å². The zero-order chi connectivity index (χ0) is 31.9. The lowest BCUT2D eigenvalue weighted by atomic mass is 9.89. The average Bonchev–Trinajstić information content (AvgIpc) is 3.68. The lowest BCUT2D eigenvalue weighted by Gasteiger charge is -2.28. The monoisotopic (exact) mass is 628 g/mol. The van der Waals surface area contributed by atoms with E-state index >= 15 is 0 Å². The molecule has 4 aliphatic heterocycles. The molecule has 4 atom stereocenters. The van der Waals surface area contributed by atoms with Crippen LogP contribution in [0.3, 0.4) is 0 Å². The molecule has 4 heterocycles. The highest BCUT2D eigenvalue weighted by Crippen LogP contribution is 2.55. The van der Waals surface area contributed by atoms with Crippen molar-refractivity contribution >= 4 is 0 Å². The van der Waals surface area contributed by atoms with Crippen LogP contribution in [0.2, 0.25) is 0 Å². The summed E-state index contributed by atoms with van der Waals surface area (Å²) in [4.78, 5) is 0. The number of methoxy groups -OCH3 is 6. The number of fused-ring (bicyclic) bond motifs is 10. The Labute approximate surface area is 267 Å². The molecule has 0 radical (unpaired) electrons. The zero-order valence-corrected chi connectivity index (χ0v) is 26.6. The van der Waals surface area contributed by atoms with Gasteiger partial charge in [-0.25, -0.2) is 0 Å². The lowest BCUT2D eigenvalue weighted by Crippen LogP contribution is -2.23. The molecule has 0 fully saturated rings. The molecule has 0 unspecified atom stereocenters. The Balaban J connectivity index is 0.000000147. The topological polar surface area (TPSA) is 92.3 Å². The van der Waals surface area contributed by atoms with Crippen molar-refractivity contribution in [1.29, 1.82) is 0 Å². The van der Waals surface area contributed by atoms with Gasteiger partial charge in [-0.15, -0.1) is 0 Å². The largest absolute Gasteiger partial charge is 0.497 e. The van der Waals surface area contributed by atoms with E-state index in [1.807, 2.05) is 60.7 Å². The van der Waals surface area contributed by atoms with Gasteiger partial charge in [0.1, 0.15) is 46.7 Å². The molecule has 0 aromatic heterocycles. The molecule has 8 rings (SSSR count). The predicted octanol–water partition coefficient (Wildman–Crippen LogP) is 6.64. The third-order valence-electron chi connectivity index (χ3n) is 8.96. The Morgan fingerprint density at radius 1 is 0.435 bits per heavy atom. The van der Waals surface area contributed by atoms with Crippen LogP contribution in [0.25, 0.3) is 0 Å². The van der Waals surface area contributed by atoms with E-state index < -0.39 is 0 Å². The summed E-state index contributed by atoms with van der Waals surface area (Å²) in [5, 5.41) is 0. The van der Waals surface area contributed by atoms with Gasteiger partial charge in [0.15, 0.2) is 23.0 Å². The quantitative estimate of drug-likeness (QED) is 0.231. The standard InChI is InChI=1S/2C18H18O5/c2*1-19-10-4-5-11-13-9-22-14-8-17(21-3)16(20-2)7-12(14)18(13)23-15(11)6-10/h2*4-8,13,18H,9H2,1-3H3/t2*13-,18-/m11/s1. The fourth-order valence-corrected chi connectivity index (χ4v) is 6.58. The van der Waals surface area contributed by atoms with Crippen molar-refractivity contribution in [2.75, 3.05) is 55.9 Å². The van der Waals surface area contributed by atoms with E-state index in [9.17, 15) is 0 Å². The minimum atomic E-state index is -0.0827. The number of hydrogen-bond donors (Lipinski definition) is 0. The summed E-state index contributed by atoms with van der Waals surface area (Å²) < 4.78 is 56.4. The normalized spacial score (nSPS) is 20.5. The lowest BCUT2D eigenvalue weighted by molar-refractivity contribution is 0.138. The first-order chi connectivity index (χ1) is 22.5. The first kappa shape index (κ1) is 29.6. The predicted molar refractivity (Wildman–Crippen MR) is 168 cm³/mol. The number of rotatable bonds is 6. The summed E-state index contributed by atoms with van der Waals surface area (Å²) >= 11 is 0. The van der Waals surface area contributed by atoms with Crippen molar-refractivity contribution in [2.45, 2.75) is 24.0 Å². The van der Waals surface area contributed by atoms with Gasteiger partial charge in [0.2, 0.25) is 0 Å². The molecule has 0 saturated heterocycles. The molecule has 46 heavy (non-hydrogen) atoms. The Hall–Kier alpha value is -5.12. The van der Waals surface area contributed by atoms with Crippen molar-refractivity contribution < 1.29 is 47.4 Å². The van der Waals surface area contributed by atoms with Crippen LogP contribution in [0.15, 0.2) is 60.7 Å². The van der Waals surface area contributed by atoms with Gasteiger partial charge in [0, 0.05) is 46.5 Å². The van der Waals surface area contributed by atoms with Gasteiger partial charge in [0.05, 0.1) is 67.7 Å². The Kier molecular flexibility index (Phi) is 7.72. The highest BCUT2D eigenvalue weighted by atomic mass is 16.5. The van der Waals surface area contributed by atoms with E-state index in [1.165, 1.54) is 0 Å². The van der Waals surface area contributed by atoms with Crippen LogP contribution >= 0.6 is 0 Å². The van der Waals surface area contributed by atoms with Crippen molar-refractivity contribution in [2.24, 2.45) is 0 Å². The van der Waals surface area contributed by atoms with Crippen molar-refractivity contribution in [1.82, 2.24) is 0 Å². The summed E-state index contributed by atoms with van der Waals surface area (Å²) in [5.74, 6) is 7.84. The Morgan fingerprint density at radius 2 is 0.826 bits per heavy atom. The third kappa shape index (κ3) is 4.88. The molecule has 4 aromatic carbocycles. The minimum Gasteiger partial charge on any atom is -0.497 e. The van der Waals surface area contributed by atoms with Crippen LogP contribution < -0.4 is 47.4 Å². The molecule has 0 bridgehead atoms. The molecule has 10 heteroatoms. The molecular weight excluding hydrogens is 592 g/mol. The Bertz CT molecular complexity index is 1640. The maximum atomic E-state index is 6.20. The molecular formula is C36H36O10. The second-order valence-electron chi connectivity index (χ2n) is 11.2. The van der Waals surface area contributed by atoms with Crippen molar-refractivity contribution in [3.63, 3.8) is 0 Å². The fraction of sp³-hybridized carbons (Fsp3) is 0.333. The second-order valence-corrected chi connectivity index (χ2v) is 11.2. The van der Waals surface area contributed by atoms with Crippen LogP contribution in [-0.4, -0.2) is 55.9 Å². The van der Waals surface area contributed by atoms with E-state index in [2.05, 4.69) is 0 Å². The van der Waals surface area contributed by atoms with Gasteiger partial charge in [-0.1, -0.05) is 12.1 Å². The highest BCUT2D eigenvalue weighted by molar-refractivity contribution is 5.58. The van der Waals surface area contributed by atoms with Gasteiger partial charge in [-0.2, -0.15) is 0 Å². The van der Waals surface area contributed by atoms with Crippen LogP contribution in [0, 0.1) is 0 Å². The zero-order valence-electron chi connectivity index (χ0n) is 26.6. The molecule has 0 aliphatic carbocycles. The minimum absolute atomic E-state index is 0.0827. The number of hydrogen-bond acceptors (Lipinski definition) is 10. The van der Waals surface area contributed by atoms with Crippen LogP contribution in [0.4, 0.5) is 0 Å². The molecule has 4 aliphatic rings. The first-order valence-electron chi connectivity index (χ1n) is 15.0. The van der Waals surface area contributed by atoms with Gasteiger partial charge in [-0.3, -0.25) is 0 Å². The smallest absolute Gasteiger partial charge is 0.164 e. The van der Waals surface area contributed by atoms with E-state index in [4.69, 9.17) is 47.4 Å². The van der Waals surface area contributed by atoms with Gasteiger partial charge in [0.25, 0.3) is 0 Å². The second kappa shape index (κ2) is 12.0. The van der Waals surface area contributed by atoms with Crippen molar-refractivity contribution in [3.05, 3.63) is 82.9 Å². The summed E-state index contributed by atoms with van der Waals surface area (Å²) in [7, 11) is 9.79. The van der Waals surface area contributed by atoms with Gasteiger partial charge >= 0.3 is 0 Å². The van der Waals surface area contributed by atoms with E-state index in [0.29, 0.717) is 36.2 Å². The summed E-state index contributed by atoms with van der Waals surface area (Å²) in [6.07, 6.45) is -0.165. The van der Waals surface area contributed by atoms with E-state index in [1.54, 1.807) is 42.7 Å². The molecule has 10 nitrogen and oxygen atoms in total. The maximum Gasteiger partial charge on any atom is 0.164 e. The fourth-order valence-electron chi connectivity index (χ4n) is 6.58. The van der Waals surface area contributed by atoms with Crippen LogP contribution in [0.1, 0.15) is 46.3 Å². The molecule has 4 aromatic rings. The molecule has 0 spiro atoms. The molecule has 0 N–H and O–H groups in total. The molecule has 0 saturated carbocycles. The van der Waals surface area contributed by atoms with Crippen LogP contribution in [0.5, 0.6) is 57.5 Å². The summed E-state index contributed by atoms with van der Waals surface area (Å²) in [5.41, 5.74) is 4.26. The maximum absolute atomic E-state index is 6.20. The van der Waals surface area contributed by atoms with Gasteiger partial charge < -0.3 is 47.4 Å². The third-order valence-corrected chi connectivity index (χ3v) is 8.96. The summed E-state index contributed by atoms with van der Waals surface area (Å²) in [6.45, 7) is 1.15. The average molecular weight is 629 g/mol.